The van der Waals surface area contributed by atoms with Gasteiger partial charge in [0.05, 0.1) is 73.3 Å². The van der Waals surface area contributed by atoms with Crippen molar-refractivity contribution < 1.29 is 59.4 Å². The second-order valence-electron chi connectivity index (χ2n) is 12.4. The van der Waals surface area contributed by atoms with Crippen LogP contribution in [0.15, 0.2) is 0 Å². The van der Waals surface area contributed by atoms with Crippen LogP contribution in [0, 0.1) is 21.4 Å². The standard InChI is InChI=1S/C33H40I6N6O12/c1-42(30(54)18-22(34)20(32(56)44(3)8-14(50)10-46)26(38)28(24(18)36)40-16(52)12-48)6-5-7-43(2)31(55)19-23(35)21(33(57)45(4)9-15(51)11-47)27(39)29(25(19)37)41-17(53)13-49/h14-15,46-51H,5-13H2,1-4H3,(H,40,52)(H,41,53). The summed E-state index contributed by atoms with van der Waals surface area (Å²) in [5, 5.41) is 62.5. The number of amides is 6. The van der Waals surface area contributed by atoms with Crippen LogP contribution in [0.3, 0.4) is 0 Å². The average molecular weight is 1470 g/mol. The fourth-order valence-corrected chi connectivity index (χ4v) is 13.8. The maximum absolute atomic E-state index is 14.1. The molecule has 2 aromatic carbocycles. The summed E-state index contributed by atoms with van der Waals surface area (Å²) in [4.78, 5) is 85.2. The monoisotopic (exact) mass is 1470 g/mol. The van der Waals surface area contributed by atoms with Crippen LogP contribution in [0.1, 0.15) is 47.9 Å². The molecule has 24 heteroatoms. The Morgan fingerprint density at radius 3 is 1.00 bits per heavy atom. The number of aliphatic hydroxyl groups excluding tert-OH is 6. The van der Waals surface area contributed by atoms with E-state index in [1.54, 1.807) is 0 Å². The number of carbonyl (C=O) groups is 6. The van der Waals surface area contributed by atoms with Crippen molar-refractivity contribution in [3.63, 3.8) is 0 Å². The Bertz CT molecular complexity index is 1760. The predicted molar refractivity (Wildman–Crippen MR) is 259 cm³/mol. The first kappa shape index (κ1) is 52.5. The second-order valence-corrected chi connectivity index (χ2v) is 18.9. The van der Waals surface area contributed by atoms with E-state index in [0.29, 0.717) is 7.14 Å². The smallest absolute Gasteiger partial charge is 0.255 e. The third-order valence-corrected chi connectivity index (χ3v) is 14.5. The Kier molecular flexibility index (Phi) is 22.3. The zero-order valence-electron chi connectivity index (χ0n) is 30.7. The van der Waals surface area contributed by atoms with Crippen LogP contribution in [0.4, 0.5) is 11.4 Å². The summed E-state index contributed by atoms with van der Waals surface area (Å²) in [7, 11) is 5.87. The molecule has 2 aromatic rings. The molecular weight excluding hydrogens is 1430 g/mol. The first-order valence-electron chi connectivity index (χ1n) is 16.4. The Hall–Kier alpha value is -0.600. The maximum atomic E-state index is 14.1. The van der Waals surface area contributed by atoms with Crippen molar-refractivity contribution in [3.8, 4) is 0 Å². The summed E-state index contributed by atoms with van der Waals surface area (Å²) in [5.41, 5.74) is 0.550. The molecule has 2 unspecified atom stereocenters. The minimum atomic E-state index is -1.22. The molecule has 0 aliphatic rings. The summed E-state index contributed by atoms with van der Waals surface area (Å²) in [6.07, 6.45) is -2.19. The number of benzene rings is 2. The molecule has 57 heavy (non-hydrogen) atoms. The summed E-state index contributed by atoms with van der Waals surface area (Å²) in [6.45, 7) is -3.11. The molecule has 0 heterocycles. The van der Waals surface area contributed by atoms with Gasteiger partial charge in [0.15, 0.2) is 0 Å². The highest BCUT2D eigenvalue weighted by molar-refractivity contribution is 14.1. The molecule has 6 amide bonds. The molecule has 18 nitrogen and oxygen atoms in total. The predicted octanol–water partition coefficient (Wildman–Crippen LogP) is 1.26. The van der Waals surface area contributed by atoms with E-state index in [9.17, 15) is 59.4 Å². The molecule has 0 bridgehead atoms. The molecule has 0 aliphatic heterocycles. The van der Waals surface area contributed by atoms with E-state index in [0.717, 1.165) is 0 Å². The van der Waals surface area contributed by atoms with E-state index in [1.165, 1.54) is 47.8 Å². The Morgan fingerprint density at radius 1 is 0.491 bits per heavy atom. The third-order valence-electron chi connectivity index (χ3n) is 8.07. The van der Waals surface area contributed by atoms with Crippen LogP contribution in [0.5, 0.6) is 0 Å². The quantitative estimate of drug-likeness (QED) is 0.0983. The van der Waals surface area contributed by atoms with Crippen LogP contribution < -0.4 is 10.6 Å². The number of hydrogen-bond donors (Lipinski definition) is 8. The number of rotatable bonds is 18. The van der Waals surface area contributed by atoms with Gasteiger partial charge in [-0.15, -0.1) is 0 Å². The molecule has 2 atom stereocenters. The molecule has 0 fully saturated rings. The van der Waals surface area contributed by atoms with Crippen LogP contribution in [0.25, 0.3) is 0 Å². The zero-order valence-corrected chi connectivity index (χ0v) is 43.7. The minimum Gasteiger partial charge on any atom is -0.394 e. The Labute approximate surface area is 410 Å². The van der Waals surface area contributed by atoms with E-state index in [-0.39, 0.29) is 80.5 Å². The van der Waals surface area contributed by atoms with Crippen molar-refractivity contribution in [1.82, 2.24) is 19.6 Å². The highest BCUT2D eigenvalue weighted by atomic mass is 127. The number of hydrogen-bond acceptors (Lipinski definition) is 12. The first-order chi connectivity index (χ1) is 26.6. The molecule has 316 valence electrons. The van der Waals surface area contributed by atoms with Crippen LogP contribution in [0.2, 0.25) is 0 Å². The van der Waals surface area contributed by atoms with Gasteiger partial charge in [0.25, 0.3) is 23.6 Å². The number of aliphatic hydroxyl groups is 6. The second kappa shape index (κ2) is 24.1. The normalized spacial score (nSPS) is 12.1. The molecule has 0 aromatic heterocycles. The van der Waals surface area contributed by atoms with Gasteiger partial charge in [-0.2, -0.15) is 0 Å². The number of anilines is 2. The molecule has 2 rings (SSSR count). The van der Waals surface area contributed by atoms with Crippen LogP contribution >= 0.6 is 136 Å². The largest absolute Gasteiger partial charge is 0.394 e. The van der Waals surface area contributed by atoms with Crippen molar-refractivity contribution >= 4 is 182 Å². The van der Waals surface area contributed by atoms with Crippen molar-refractivity contribution in [2.75, 3.05) is 91.4 Å². The van der Waals surface area contributed by atoms with E-state index >= 15 is 0 Å². The lowest BCUT2D eigenvalue weighted by atomic mass is 10.1. The first-order valence-corrected chi connectivity index (χ1v) is 22.9. The van der Waals surface area contributed by atoms with E-state index < -0.39 is 74.1 Å². The number of nitrogens with zero attached hydrogens (tertiary/aromatic N) is 4. The molecular formula is C33H40I6N6O12. The Morgan fingerprint density at radius 2 is 0.754 bits per heavy atom. The number of nitrogens with one attached hydrogen (secondary N) is 2. The molecule has 0 saturated heterocycles. The zero-order chi connectivity index (χ0) is 43.6. The van der Waals surface area contributed by atoms with Crippen molar-refractivity contribution in [3.05, 3.63) is 43.7 Å². The van der Waals surface area contributed by atoms with E-state index in [4.69, 9.17) is 0 Å². The van der Waals surface area contributed by atoms with Gasteiger partial charge in [-0.3, -0.25) is 28.8 Å². The number of halogens is 6. The van der Waals surface area contributed by atoms with Gasteiger partial charge >= 0.3 is 0 Å². The lowest BCUT2D eigenvalue weighted by Crippen LogP contribution is -2.38. The van der Waals surface area contributed by atoms with Gasteiger partial charge in [-0.1, -0.05) is 0 Å². The fourth-order valence-electron chi connectivity index (χ4n) is 5.08. The Balaban J connectivity index is 2.49. The fraction of sp³-hybridized carbons (Fsp3) is 0.455. The molecule has 0 radical (unpaired) electrons. The van der Waals surface area contributed by atoms with Gasteiger partial charge in [0, 0.05) is 61.5 Å². The average Bonchev–Trinajstić information content (AvgIpc) is 3.17. The lowest BCUT2D eigenvalue weighted by molar-refractivity contribution is -0.119. The topological polar surface area (TPSA) is 261 Å². The summed E-state index contributed by atoms with van der Waals surface area (Å²) >= 11 is 11.2. The van der Waals surface area contributed by atoms with Gasteiger partial charge in [0.2, 0.25) is 11.8 Å². The van der Waals surface area contributed by atoms with Gasteiger partial charge in [-0.05, 0) is 142 Å². The molecule has 0 aliphatic carbocycles. The summed E-state index contributed by atoms with van der Waals surface area (Å²) < 4.78 is 1.70. The number of likely N-dealkylation sites (N-methyl/N-ethyl adjacent to an activating group) is 2. The molecule has 8 N–H and O–H groups in total. The summed E-state index contributed by atoms with van der Waals surface area (Å²) in [5.74, 6) is -3.79. The minimum absolute atomic E-state index is 0.0597. The highest BCUT2D eigenvalue weighted by Gasteiger charge is 2.33. The van der Waals surface area contributed by atoms with Crippen molar-refractivity contribution in [2.24, 2.45) is 0 Å². The molecule has 0 saturated carbocycles. The van der Waals surface area contributed by atoms with Crippen molar-refractivity contribution in [1.29, 1.82) is 0 Å². The van der Waals surface area contributed by atoms with E-state index in [1.807, 2.05) is 136 Å². The SMILES string of the molecule is CN(CCCN(C)C(=O)c1c(I)c(NC(=O)CO)c(I)c(C(=O)N(C)CC(O)CO)c1I)C(=O)c1c(I)c(NC(=O)CO)c(I)c(C(=O)N(C)CC(O)CO)c1I. The van der Waals surface area contributed by atoms with Crippen LogP contribution in [-0.4, -0.2) is 179 Å². The third kappa shape index (κ3) is 13.2. The van der Waals surface area contributed by atoms with Gasteiger partial charge in [-0.25, -0.2) is 0 Å². The van der Waals surface area contributed by atoms with Crippen molar-refractivity contribution in [2.45, 2.75) is 18.6 Å². The number of carbonyl (C=O) groups excluding carboxylic acids is 6. The van der Waals surface area contributed by atoms with Crippen LogP contribution in [-0.2, 0) is 9.59 Å². The molecule has 0 spiro atoms. The summed E-state index contributed by atoms with van der Waals surface area (Å²) in [6, 6.07) is 0. The van der Waals surface area contributed by atoms with Gasteiger partial charge in [0.1, 0.15) is 13.2 Å². The van der Waals surface area contributed by atoms with Gasteiger partial charge < -0.3 is 60.9 Å². The highest BCUT2D eigenvalue weighted by Crippen LogP contribution is 2.38. The maximum Gasteiger partial charge on any atom is 0.255 e. The lowest BCUT2D eigenvalue weighted by Gasteiger charge is -2.27. The van der Waals surface area contributed by atoms with E-state index in [2.05, 4.69) is 10.6 Å².